The lowest BCUT2D eigenvalue weighted by molar-refractivity contribution is 0.290. The molecule has 0 aromatic heterocycles. The second-order valence-electron chi connectivity index (χ2n) is 5.51. The normalized spacial score (nSPS) is 16.4. The molecule has 1 aliphatic carbocycles. The molecule has 1 saturated carbocycles. The van der Waals surface area contributed by atoms with Crippen LogP contribution in [0.25, 0.3) is 0 Å². The summed E-state index contributed by atoms with van der Waals surface area (Å²) < 4.78 is 0. The average Bonchev–Trinajstić information content (AvgIpc) is 2.47. The molecule has 2 N–H and O–H groups in total. The first-order chi connectivity index (χ1) is 9.76. The van der Waals surface area contributed by atoms with Crippen LogP contribution < -0.4 is 10.2 Å². The van der Waals surface area contributed by atoms with Gasteiger partial charge in [0.15, 0.2) is 0 Å². The van der Waals surface area contributed by atoms with E-state index in [1.54, 1.807) is 0 Å². The molecule has 3 nitrogen and oxygen atoms in total. The molecule has 112 valence electrons. The van der Waals surface area contributed by atoms with Crippen LogP contribution in [0.2, 0.25) is 5.02 Å². The summed E-state index contributed by atoms with van der Waals surface area (Å²) in [4.78, 5) is 2.38. The van der Waals surface area contributed by atoms with Gasteiger partial charge in [0.25, 0.3) is 0 Å². The average molecular weight is 297 g/mol. The van der Waals surface area contributed by atoms with Gasteiger partial charge in [-0.1, -0.05) is 30.9 Å². The third-order valence-electron chi connectivity index (χ3n) is 4.07. The molecule has 0 saturated heterocycles. The van der Waals surface area contributed by atoms with Gasteiger partial charge < -0.3 is 15.3 Å². The quantitative estimate of drug-likeness (QED) is 0.846. The maximum Gasteiger partial charge on any atom is 0.0606 e. The largest absolute Gasteiger partial charge is 0.395 e. The Balaban J connectivity index is 2.27. The molecule has 20 heavy (non-hydrogen) atoms. The van der Waals surface area contributed by atoms with Crippen molar-refractivity contribution in [2.24, 2.45) is 0 Å². The maximum atomic E-state index is 9.42. The van der Waals surface area contributed by atoms with Crippen molar-refractivity contribution < 1.29 is 5.11 Å². The summed E-state index contributed by atoms with van der Waals surface area (Å²) in [7, 11) is 1.95. The van der Waals surface area contributed by atoms with Crippen LogP contribution in [-0.4, -0.2) is 31.3 Å². The van der Waals surface area contributed by atoms with Crippen molar-refractivity contribution >= 4 is 17.3 Å². The summed E-state index contributed by atoms with van der Waals surface area (Å²) in [6.07, 6.45) is 6.37. The molecule has 0 spiro atoms. The van der Waals surface area contributed by atoms with E-state index in [1.165, 1.54) is 43.4 Å². The van der Waals surface area contributed by atoms with Crippen LogP contribution >= 0.6 is 11.6 Å². The number of anilines is 1. The van der Waals surface area contributed by atoms with Gasteiger partial charge in [0.2, 0.25) is 0 Å². The lowest BCUT2D eigenvalue weighted by Crippen LogP contribution is -2.39. The summed E-state index contributed by atoms with van der Waals surface area (Å²) in [5.74, 6) is 0. The lowest BCUT2D eigenvalue weighted by atomic mass is 9.93. The molecule has 0 heterocycles. The standard InChI is InChI=1S/C16H25ClN2O/c1-18-12-13-11-14(17)7-8-16(13)19(9-10-20)15-5-3-2-4-6-15/h7-8,11,15,18,20H,2-6,9-10,12H2,1H3. The number of halogens is 1. The zero-order valence-corrected chi connectivity index (χ0v) is 13.0. The van der Waals surface area contributed by atoms with E-state index < -0.39 is 0 Å². The number of nitrogens with zero attached hydrogens (tertiary/aromatic N) is 1. The summed E-state index contributed by atoms with van der Waals surface area (Å²) in [6.45, 7) is 1.69. The number of aliphatic hydroxyl groups is 1. The summed E-state index contributed by atoms with van der Waals surface area (Å²) >= 11 is 6.12. The molecule has 1 aromatic rings. The van der Waals surface area contributed by atoms with Crippen molar-refractivity contribution in [3.8, 4) is 0 Å². The maximum absolute atomic E-state index is 9.42. The van der Waals surface area contributed by atoms with E-state index in [-0.39, 0.29) is 6.61 Å². The monoisotopic (exact) mass is 296 g/mol. The highest BCUT2D eigenvalue weighted by atomic mass is 35.5. The topological polar surface area (TPSA) is 35.5 Å². The van der Waals surface area contributed by atoms with Gasteiger partial charge in [0.05, 0.1) is 6.61 Å². The van der Waals surface area contributed by atoms with Crippen LogP contribution in [-0.2, 0) is 6.54 Å². The highest BCUT2D eigenvalue weighted by Gasteiger charge is 2.22. The Kier molecular flexibility index (Phi) is 6.14. The SMILES string of the molecule is CNCc1cc(Cl)ccc1N(CCO)C1CCCCC1. The lowest BCUT2D eigenvalue weighted by Gasteiger charge is -2.37. The van der Waals surface area contributed by atoms with Crippen LogP contribution in [0.5, 0.6) is 0 Å². The first-order valence-electron chi connectivity index (χ1n) is 7.56. The predicted molar refractivity (Wildman–Crippen MR) is 85.5 cm³/mol. The number of rotatable bonds is 6. The number of hydrogen-bond acceptors (Lipinski definition) is 3. The molecule has 0 amide bonds. The van der Waals surface area contributed by atoms with Gasteiger partial charge in [-0.3, -0.25) is 0 Å². The second-order valence-corrected chi connectivity index (χ2v) is 5.95. The van der Waals surface area contributed by atoms with E-state index in [9.17, 15) is 5.11 Å². The molecule has 1 aliphatic rings. The van der Waals surface area contributed by atoms with Gasteiger partial charge in [-0.2, -0.15) is 0 Å². The molecule has 0 aliphatic heterocycles. The molecular weight excluding hydrogens is 272 g/mol. The van der Waals surface area contributed by atoms with Crippen molar-refractivity contribution in [3.63, 3.8) is 0 Å². The zero-order valence-electron chi connectivity index (χ0n) is 12.2. The third kappa shape index (κ3) is 3.87. The number of aliphatic hydroxyl groups excluding tert-OH is 1. The summed E-state index contributed by atoms with van der Waals surface area (Å²) in [5.41, 5.74) is 2.42. The van der Waals surface area contributed by atoms with Crippen molar-refractivity contribution in [2.75, 3.05) is 25.1 Å². The minimum Gasteiger partial charge on any atom is -0.395 e. The molecular formula is C16H25ClN2O. The van der Waals surface area contributed by atoms with E-state index in [0.29, 0.717) is 12.6 Å². The molecule has 4 heteroatoms. The Labute approximate surface area is 126 Å². The van der Waals surface area contributed by atoms with E-state index >= 15 is 0 Å². The van der Waals surface area contributed by atoms with E-state index in [1.807, 2.05) is 19.2 Å². The third-order valence-corrected chi connectivity index (χ3v) is 4.31. The molecule has 2 rings (SSSR count). The van der Waals surface area contributed by atoms with E-state index in [4.69, 9.17) is 11.6 Å². The minimum atomic E-state index is 0.193. The molecule has 1 fully saturated rings. The molecule has 1 aromatic carbocycles. The Morgan fingerprint density at radius 3 is 2.70 bits per heavy atom. The fourth-order valence-electron chi connectivity index (χ4n) is 3.17. The van der Waals surface area contributed by atoms with Crippen LogP contribution in [0.4, 0.5) is 5.69 Å². The van der Waals surface area contributed by atoms with Gasteiger partial charge in [-0.15, -0.1) is 0 Å². The number of benzene rings is 1. The van der Waals surface area contributed by atoms with Crippen molar-refractivity contribution in [1.29, 1.82) is 0 Å². The molecule has 0 atom stereocenters. The van der Waals surface area contributed by atoms with Gasteiger partial charge in [-0.05, 0) is 43.7 Å². The first-order valence-corrected chi connectivity index (χ1v) is 7.94. The fourth-order valence-corrected chi connectivity index (χ4v) is 3.36. The van der Waals surface area contributed by atoms with Crippen molar-refractivity contribution in [1.82, 2.24) is 5.32 Å². The van der Waals surface area contributed by atoms with Gasteiger partial charge >= 0.3 is 0 Å². The smallest absolute Gasteiger partial charge is 0.0606 e. The van der Waals surface area contributed by atoms with Crippen LogP contribution in [0.1, 0.15) is 37.7 Å². The second kappa shape index (κ2) is 7.87. The van der Waals surface area contributed by atoms with Gasteiger partial charge in [0.1, 0.15) is 0 Å². The Hall–Kier alpha value is -0.770. The van der Waals surface area contributed by atoms with Gasteiger partial charge in [-0.25, -0.2) is 0 Å². The highest BCUT2D eigenvalue weighted by molar-refractivity contribution is 6.30. The number of hydrogen-bond donors (Lipinski definition) is 2. The first kappa shape index (κ1) is 15.6. The van der Waals surface area contributed by atoms with Crippen molar-refractivity contribution in [3.05, 3.63) is 28.8 Å². The van der Waals surface area contributed by atoms with Crippen LogP contribution in [0.3, 0.4) is 0 Å². The van der Waals surface area contributed by atoms with Crippen LogP contribution in [0, 0.1) is 0 Å². The Bertz CT molecular complexity index is 419. The van der Waals surface area contributed by atoms with Crippen LogP contribution in [0.15, 0.2) is 18.2 Å². The zero-order chi connectivity index (χ0) is 14.4. The number of nitrogens with one attached hydrogen (secondary N) is 1. The van der Waals surface area contributed by atoms with E-state index in [2.05, 4.69) is 16.3 Å². The Morgan fingerprint density at radius 2 is 2.05 bits per heavy atom. The Morgan fingerprint density at radius 1 is 1.30 bits per heavy atom. The summed E-state index contributed by atoms with van der Waals surface area (Å²) in [6, 6.07) is 6.62. The fraction of sp³-hybridized carbons (Fsp3) is 0.625. The predicted octanol–water partition coefficient (Wildman–Crippen LogP) is 3.19. The summed E-state index contributed by atoms with van der Waals surface area (Å²) in [5, 5.41) is 13.4. The molecule has 0 bridgehead atoms. The highest BCUT2D eigenvalue weighted by Crippen LogP contribution is 2.31. The minimum absolute atomic E-state index is 0.193. The molecule has 0 radical (unpaired) electrons. The van der Waals surface area contributed by atoms with E-state index in [0.717, 1.165) is 11.6 Å². The van der Waals surface area contributed by atoms with Crippen molar-refractivity contribution in [2.45, 2.75) is 44.7 Å². The molecule has 0 unspecified atom stereocenters. The van der Waals surface area contributed by atoms with Gasteiger partial charge in [0, 0.05) is 29.8 Å².